The van der Waals surface area contributed by atoms with E-state index in [0.29, 0.717) is 12.2 Å². The third kappa shape index (κ3) is 4.22. The van der Waals surface area contributed by atoms with Crippen LogP contribution in [0.1, 0.15) is 16.8 Å². The Morgan fingerprint density at radius 3 is 2.52 bits per heavy atom. The predicted octanol–water partition coefficient (Wildman–Crippen LogP) is 2.02. The molecule has 0 bridgehead atoms. The molecule has 1 aromatic heterocycles. The average Bonchev–Trinajstić information content (AvgIpc) is 2.67. The third-order valence-corrected chi connectivity index (χ3v) is 3.71. The van der Waals surface area contributed by atoms with E-state index in [2.05, 4.69) is 15.1 Å². The summed E-state index contributed by atoms with van der Waals surface area (Å²) in [4.78, 5) is 0. The third-order valence-electron chi connectivity index (χ3n) is 3.12. The van der Waals surface area contributed by atoms with Gasteiger partial charge in [0.25, 0.3) is 0 Å². The minimum Gasteiger partial charge on any atom is -0.381 e. The zero-order valence-electron chi connectivity index (χ0n) is 12.6. The number of benzene rings is 1. The first kappa shape index (κ1) is 15.4. The summed E-state index contributed by atoms with van der Waals surface area (Å²) in [6.07, 6.45) is 3.12. The molecule has 6 nitrogen and oxygen atoms in total. The highest BCUT2D eigenvalue weighted by atomic mass is 32.2. The van der Waals surface area contributed by atoms with Gasteiger partial charge in [-0.05, 0) is 37.6 Å². The summed E-state index contributed by atoms with van der Waals surface area (Å²) in [5.74, 6) is 0. The lowest BCUT2D eigenvalue weighted by Gasteiger charge is -2.11. The van der Waals surface area contributed by atoms with Crippen LogP contribution in [0.4, 0.5) is 11.4 Å². The van der Waals surface area contributed by atoms with Crippen LogP contribution in [0.2, 0.25) is 0 Å². The minimum atomic E-state index is -3.25. The Balaban J connectivity index is 2.08. The van der Waals surface area contributed by atoms with E-state index in [4.69, 9.17) is 0 Å². The van der Waals surface area contributed by atoms with E-state index in [-0.39, 0.29) is 0 Å². The number of aromatic nitrogens is 2. The highest BCUT2D eigenvalue weighted by Gasteiger charge is 2.06. The fraction of sp³-hybridized carbons (Fsp3) is 0.357. The molecule has 0 saturated heterocycles. The van der Waals surface area contributed by atoms with Crippen molar-refractivity contribution in [2.45, 2.75) is 20.4 Å². The summed E-state index contributed by atoms with van der Waals surface area (Å²) in [7, 11) is -1.36. The fourth-order valence-electron chi connectivity index (χ4n) is 2.11. The summed E-state index contributed by atoms with van der Waals surface area (Å²) in [6, 6.07) is 5.53. The lowest BCUT2D eigenvalue weighted by molar-refractivity contribution is 0.607. The van der Waals surface area contributed by atoms with Crippen LogP contribution in [0, 0.1) is 13.8 Å². The molecule has 2 N–H and O–H groups in total. The van der Waals surface area contributed by atoms with Crippen LogP contribution >= 0.6 is 0 Å². The number of anilines is 2. The van der Waals surface area contributed by atoms with Gasteiger partial charge in [-0.15, -0.1) is 0 Å². The van der Waals surface area contributed by atoms with Crippen molar-refractivity contribution < 1.29 is 8.42 Å². The Hall–Kier alpha value is -2.02. The Morgan fingerprint density at radius 2 is 2.00 bits per heavy atom. The highest BCUT2D eigenvalue weighted by Crippen LogP contribution is 2.21. The van der Waals surface area contributed by atoms with Gasteiger partial charge in [-0.2, -0.15) is 5.10 Å². The van der Waals surface area contributed by atoms with Gasteiger partial charge in [0, 0.05) is 31.0 Å². The number of rotatable bonds is 5. The van der Waals surface area contributed by atoms with E-state index >= 15 is 0 Å². The zero-order chi connectivity index (χ0) is 15.6. The van der Waals surface area contributed by atoms with Crippen LogP contribution in [-0.4, -0.2) is 24.5 Å². The molecule has 1 aromatic carbocycles. The first-order chi connectivity index (χ1) is 9.74. The highest BCUT2D eigenvalue weighted by molar-refractivity contribution is 7.92. The monoisotopic (exact) mass is 308 g/mol. The van der Waals surface area contributed by atoms with Crippen molar-refractivity contribution in [1.82, 2.24) is 9.78 Å². The summed E-state index contributed by atoms with van der Waals surface area (Å²) in [6.45, 7) is 4.52. The molecule has 0 aliphatic rings. The van der Waals surface area contributed by atoms with Crippen LogP contribution in [0.25, 0.3) is 0 Å². The van der Waals surface area contributed by atoms with Gasteiger partial charge in [0.1, 0.15) is 0 Å². The minimum absolute atomic E-state index is 0.598. The lowest BCUT2D eigenvalue weighted by Crippen LogP contribution is -2.10. The summed E-state index contributed by atoms with van der Waals surface area (Å²) >= 11 is 0. The van der Waals surface area contributed by atoms with E-state index < -0.39 is 10.0 Å². The van der Waals surface area contributed by atoms with Crippen molar-refractivity contribution in [2.24, 2.45) is 7.05 Å². The van der Waals surface area contributed by atoms with Crippen molar-refractivity contribution in [1.29, 1.82) is 0 Å². The molecule has 1 heterocycles. The van der Waals surface area contributed by atoms with E-state index in [1.54, 1.807) is 10.7 Å². The molecule has 114 valence electrons. The second-order valence-corrected chi connectivity index (χ2v) is 6.92. The predicted molar refractivity (Wildman–Crippen MR) is 84.9 cm³/mol. The topological polar surface area (TPSA) is 76.0 Å². The SMILES string of the molecule is Cc1cc(NCc2cn(C)nc2C)ccc1NS(C)(=O)=O. The van der Waals surface area contributed by atoms with E-state index in [9.17, 15) is 8.42 Å². The Morgan fingerprint density at radius 1 is 1.29 bits per heavy atom. The number of aryl methyl sites for hydroxylation is 3. The van der Waals surface area contributed by atoms with Crippen LogP contribution in [0.15, 0.2) is 24.4 Å². The van der Waals surface area contributed by atoms with Gasteiger partial charge in [0.05, 0.1) is 17.6 Å². The van der Waals surface area contributed by atoms with Gasteiger partial charge in [-0.3, -0.25) is 9.40 Å². The number of hydrogen-bond acceptors (Lipinski definition) is 4. The van der Waals surface area contributed by atoms with Gasteiger partial charge in [0.15, 0.2) is 0 Å². The molecule has 0 saturated carbocycles. The van der Waals surface area contributed by atoms with Gasteiger partial charge in [-0.25, -0.2) is 8.42 Å². The molecular formula is C14H20N4O2S. The molecule has 21 heavy (non-hydrogen) atoms. The molecule has 0 aliphatic carbocycles. The molecule has 0 spiro atoms. The van der Waals surface area contributed by atoms with Crippen molar-refractivity contribution in [2.75, 3.05) is 16.3 Å². The summed E-state index contributed by atoms with van der Waals surface area (Å²) < 4.78 is 26.8. The van der Waals surface area contributed by atoms with Crippen LogP contribution in [0.3, 0.4) is 0 Å². The van der Waals surface area contributed by atoms with Crippen molar-refractivity contribution in [3.05, 3.63) is 41.2 Å². The van der Waals surface area contributed by atoms with Crippen molar-refractivity contribution >= 4 is 21.4 Å². The average molecular weight is 308 g/mol. The Labute approximate surface area is 125 Å². The number of nitrogens with zero attached hydrogens (tertiary/aromatic N) is 2. The summed E-state index contributed by atoms with van der Waals surface area (Å²) in [5.41, 5.74) is 4.54. The van der Waals surface area contributed by atoms with E-state index in [1.807, 2.05) is 39.2 Å². The Bertz CT molecular complexity index is 750. The van der Waals surface area contributed by atoms with Gasteiger partial charge >= 0.3 is 0 Å². The van der Waals surface area contributed by atoms with Crippen molar-refractivity contribution in [3.8, 4) is 0 Å². The van der Waals surface area contributed by atoms with Crippen LogP contribution in [0.5, 0.6) is 0 Å². The normalized spacial score (nSPS) is 11.4. The molecule has 0 unspecified atom stereocenters. The lowest BCUT2D eigenvalue weighted by atomic mass is 10.2. The van der Waals surface area contributed by atoms with Gasteiger partial charge in [0.2, 0.25) is 10.0 Å². The molecule has 0 atom stereocenters. The number of hydrogen-bond donors (Lipinski definition) is 2. The first-order valence-corrected chi connectivity index (χ1v) is 8.45. The fourth-order valence-corrected chi connectivity index (χ4v) is 2.74. The smallest absolute Gasteiger partial charge is 0.229 e. The first-order valence-electron chi connectivity index (χ1n) is 6.56. The van der Waals surface area contributed by atoms with Gasteiger partial charge < -0.3 is 5.32 Å². The molecule has 0 radical (unpaired) electrons. The second kappa shape index (κ2) is 5.77. The molecule has 0 fully saturated rings. The molecule has 2 rings (SSSR count). The molecule has 7 heteroatoms. The van der Waals surface area contributed by atoms with Crippen LogP contribution in [-0.2, 0) is 23.6 Å². The molecule has 0 aliphatic heterocycles. The second-order valence-electron chi connectivity index (χ2n) is 5.17. The largest absolute Gasteiger partial charge is 0.381 e. The summed E-state index contributed by atoms with van der Waals surface area (Å²) in [5, 5.41) is 7.61. The zero-order valence-corrected chi connectivity index (χ0v) is 13.5. The van der Waals surface area contributed by atoms with Crippen molar-refractivity contribution in [3.63, 3.8) is 0 Å². The van der Waals surface area contributed by atoms with E-state index in [1.165, 1.54) is 0 Å². The molecule has 2 aromatic rings. The Kier molecular flexibility index (Phi) is 4.22. The van der Waals surface area contributed by atoms with Gasteiger partial charge in [-0.1, -0.05) is 0 Å². The number of sulfonamides is 1. The standard InChI is InChI=1S/C14H20N4O2S/c1-10-7-13(5-6-14(10)17-21(4,19)20)15-8-12-9-18(3)16-11(12)2/h5-7,9,15,17H,8H2,1-4H3. The quantitative estimate of drug-likeness (QED) is 0.886. The van der Waals surface area contributed by atoms with E-state index in [0.717, 1.165) is 28.8 Å². The maximum atomic E-state index is 11.3. The molecule has 0 amide bonds. The molecular weight excluding hydrogens is 288 g/mol. The number of nitrogens with one attached hydrogen (secondary N) is 2. The maximum Gasteiger partial charge on any atom is 0.229 e. The van der Waals surface area contributed by atoms with Crippen LogP contribution < -0.4 is 10.0 Å². The maximum absolute atomic E-state index is 11.3.